The van der Waals surface area contributed by atoms with Gasteiger partial charge >= 0.3 is 0 Å². The lowest BCUT2D eigenvalue weighted by Crippen LogP contribution is -2.73. The maximum absolute atomic E-state index is 12.7. The Morgan fingerprint density at radius 1 is 1.07 bits per heavy atom. The summed E-state index contributed by atoms with van der Waals surface area (Å²) in [5, 5.41) is 3.85. The number of fused-ring (bicyclic) bond motifs is 2. The molecule has 3 saturated heterocycles. The highest BCUT2D eigenvalue weighted by atomic mass is 127. The van der Waals surface area contributed by atoms with E-state index in [2.05, 4.69) is 27.0 Å². The number of amides is 1. The lowest BCUT2D eigenvalue weighted by Gasteiger charge is -2.63. The smallest absolute Gasteiger partial charge is 0.239 e. The zero-order chi connectivity index (χ0) is 20.0. The summed E-state index contributed by atoms with van der Waals surface area (Å²) in [5.74, 6) is 2.02. The van der Waals surface area contributed by atoms with Gasteiger partial charge in [0.15, 0.2) is 5.96 Å². The third-order valence-corrected chi connectivity index (χ3v) is 8.47. The highest BCUT2D eigenvalue weighted by Gasteiger charge is 2.66. The van der Waals surface area contributed by atoms with E-state index in [0.29, 0.717) is 29.4 Å². The quantitative estimate of drug-likeness (QED) is 0.342. The lowest BCUT2D eigenvalue weighted by molar-refractivity contribution is -0.171. The second-order valence-corrected chi connectivity index (χ2v) is 9.73. The molecule has 7 nitrogen and oxygen atoms in total. The molecule has 0 bridgehead atoms. The largest absolute Gasteiger partial charge is 0.377 e. The van der Waals surface area contributed by atoms with Gasteiger partial charge in [-0.2, -0.15) is 0 Å². The number of carbonyl (C=O) groups excluding carboxylic acids is 1. The maximum Gasteiger partial charge on any atom is 0.239 e. The van der Waals surface area contributed by atoms with E-state index in [1.54, 1.807) is 0 Å². The number of aliphatic imine (C=N–C) groups is 1. The van der Waals surface area contributed by atoms with Crippen molar-refractivity contribution >= 4 is 35.8 Å². The van der Waals surface area contributed by atoms with Crippen LogP contribution < -0.4 is 5.32 Å². The van der Waals surface area contributed by atoms with Crippen LogP contribution >= 0.6 is 24.0 Å². The SMILES string of the molecule is CN=C(NC1C2CCOC2C12CCC2)N1CCN(C(C)C(=O)N2CCCC2)CC1.I. The molecule has 3 heterocycles. The average molecular weight is 531 g/mol. The van der Waals surface area contributed by atoms with Crippen molar-refractivity contribution in [2.45, 2.75) is 63.6 Å². The number of ether oxygens (including phenoxy) is 1. The summed E-state index contributed by atoms with van der Waals surface area (Å²) in [5.41, 5.74) is 0.371. The Hall–Kier alpha value is -0.610. The van der Waals surface area contributed by atoms with Gasteiger partial charge in [-0.25, -0.2) is 0 Å². The first kappa shape index (κ1) is 22.6. The summed E-state index contributed by atoms with van der Waals surface area (Å²) in [4.78, 5) is 24.2. The Morgan fingerprint density at radius 3 is 2.37 bits per heavy atom. The summed E-state index contributed by atoms with van der Waals surface area (Å²) in [6, 6.07) is 0.516. The molecule has 0 aromatic heterocycles. The van der Waals surface area contributed by atoms with E-state index in [0.717, 1.165) is 64.7 Å². The van der Waals surface area contributed by atoms with Crippen molar-refractivity contribution < 1.29 is 9.53 Å². The molecule has 30 heavy (non-hydrogen) atoms. The third-order valence-electron chi connectivity index (χ3n) is 8.47. The Labute approximate surface area is 198 Å². The molecule has 1 amide bonds. The van der Waals surface area contributed by atoms with Crippen molar-refractivity contribution in [2.75, 3.05) is 52.9 Å². The first-order chi connectivity index (χ1) is 14.1. The second-order valence-electron chi connectivity index (χ2n) is 9.73. The van der Waals surface area contributed by atoms with Crippen molar-refractivity contribution in [3.63, 3.8) is 0 Å². The Kier molecular flexibility index (Phi) is 6.85. The molecule has 5 rings (SSSR count). The first-order valence-corrected chi connectivity index (χ1v) is 11.8. The monoisotopic (exact) mass is 531 g/mol. The molecule has 5 fully saturated rings. The summed E-state index contributed by atoms with van der Waals surface area (Å²) >= 11 is 0. The minimum absolute atomic E-state index is 0. The molecule has 2 saturated carbocycles. The highest BCUT2D eigenvalue weighted by Crippen LogP contribution is 2.62. The number of hydrogen-bond donors (Lipinski definition) is 1. The number of guanidine groups is 1. The van der Waals surface area contributed by atoms with Gasteiger partial charge in [0.1, 0.15) is 0 Å². The van der Waals surface area contributed by atoms with Gasteiger partial charge in [-0.1, -0.05) is 6.42 Å². The zero-order valence-corrected chi connectivity index (χ0v) is 20.8. The fraction of sp³-hybridized carbons (Fsp3) is 0.909. The molecule has 1 spiro atoms. The van der Waals surface area contributed by atoms with Crippen LogP contribution in [0.25, 0.3) is 0 Å². The molecular formula is C22H38IN5O2. The van der Waals surface area contributed by atoms with E-state index >= 15 is 0 Å². The zero-order valence-electron chi connectivity index (χ0n) is 18.5. The van der Waals surface area contributed by atoms with Gasteiger partial charge in [-0.3, -0.25) is 14.7 Å². The minimum Gasteiger partial charge on any atom is -0.377 e. The van der Waals surface area contributed by atoms with Crippen LogP contribution in [-0.4, -0.2) is 97.7 Å². The van der Waals surface area contributed by atoms with Crippen LogP contribution in [0.4, 0.5) is 0 Å². The van der Waals surface area contributed by atoms with Crippen LogP contribution in [0.15, 0.2) is 4.99 Å². The van der Waals surface area contributed by atoms with E-state index in [1.165, 1.54) is 25.7 Å². The predicted molar refractivity (Wildman–Crippen MR) is 128 cm³/mol. The van der Waals surface area contributed by atoms with Crippen LogP contribution in [0.5, 0.6) is 0 Å². The number of piperazine rings is 1. The molecule has 8 heteroatoms. The fourth-order valence-corrected chi connectivity index (χ4v) is 6.57. The van der Waals surface area contributed by atoms with Crippen molar-refractivity contribution in [2.24, 2.45) is 16.3 Å². The van der Waals surface area contributed by atoms with Crippen LogP contribution in [0.2, 0.25) is 0 Å². The van der Waals surface area contributed by atoms with Crippen molar-refractivity contribution in [1.29, 1.82) is 0 Å². The van der Waals surface area contributed by atoms with Gasteiger partial charge in [-0.15, -0.1) is 24.0 Å². The third kappa shape index (κ3) is 3.64. The number of likely N-dealkylation sites (tertiary alicyclic amines) is 1. The normalized spacial score (nSPS) is 34.1. The standard InChI is InChI=1S/C22H37N5O2.HI/c1-16(20(28)26-9-3-4-10-26)25-11-13-27(14-12-25)21(23-2)24-18-17-6-15-29-19(17)22(18)7-5-8-22;/h16-19H,3-15H2,1-2H3,(H,23,24);1H. The van der Waals surface area contributed by atoms with Crippen molar-refractivity contribution in [3.05, 3.63) is 0 Å². The first-order valence-electron chi connectivity index (χ1n) is 11.8. The van der Waals surface area contributed by atoms with Crippen LogP contribution in [0.3, 0.4) is 0 Å². The van der Waals surface area contributed by atoms with Crippen LogP contribution in [0.1, 0.15) is 45.4 Å². The topological polar surface area (TPSA) is 60.4 Å². The summed E-state index contributed by atoms with van der Waals surface area (Å²) in [6.45, 7) is 8.60. The van der Waals surface area contributed by atoms with Gasteiger partial charge in [0.05, 0.1) is 12.1 Å². The molecular weight excluding hydrogens is 493 g/mol. The molecule has 1 N–H and O–H groups in total. The number of nitrogens with one attached hydrogen (secondary N) is 1. The molecule has 0 aromatic carbocycles. The average Bonchev–Trinajstić information content (AvgIpc) is 3.38. The number of hydrogen-bond acceptors (Lipinski definition) is 4. The van der Waals surface area contributed by atoms with E-state index in [9.17, 15) is 4.79 Å². The van der Waals surface area contributed by atoms with Gasteiger partial charge in [0, 0.05) is 70.3 Å². The number of nitrogens with zero attached hydrogens (tertiary/aromatic N) is 4. The molecule has 5 aliphatic rings. The molecule has 2 aliphatic carbocycles. The molecule has 4 atom stereocenters. The van der Waals surface area contributed by atoms with E-state index in [4.69, 9.17) is 4.74 Å². The van der Waals surface area contributed by atoms with Crippen LogP contribution in [0, 0.1) is 11.3 Å². The van der Waals surface area contributed by atoms with Crippen molar-refractivity contribution in [1.82, 2.24) is 20.0 Å². The Bertz CT molecular complexity index is 656. The van der Waals surface area contributed by atoms with Gasteiger partial charge in [-0.05, 0) is 39.0 Å². The number of halogens is 1. The Morgan fingerprint density at radius 2 is 1.77 bits per heavy atom. The predicted octanol–water partition coefficient (Wildman–Crippen LogP) is 1.77. The Balaban J connectivity index is 0.00000218. The van der Waals surface area contributed by atoms with Gasteiger partial charge in [0.2, 0.25) is 5.91 Å². The van der Waals surface area contributed by atoms with E-state index in [1.807, 2.05) is 11.9 Å². The number of rotatable bonds is 3. The summed E-state index contributed by atoms with van der Waals surface area (Å²) < 4.78 is 6.07. The fourth-order valence-electron chi connectivity index (χ4n) is 6.57. The second kappa shape index (κ2) is 9.10. The molecule has 3 aliphatic heterocycles. The maximum atomic E-state index is 12.7. The van der Waals surface area contributed by atoms with Gasteiger partial charge in [0.25, 0.3) is 0 Å². The minimum atomic E-state index is -0.00787. The van der Waals surface area contributed by atoms with E-state index in [-0.39, 0.29) is 30.0 Å². The lowest BCUT2D eigenvalue weighted by atomic mass is 9.46. The van der Waals surface area contributed by atoms with Crippen molar-refractivity contribution in [3.8, 4) is 0 Å². The highest BCUT2D eigenvalue weighted by molar-refractivity contribution is 14.0. The summed E-state index contributed by atoms with van der Waals surface area (Å²) in [6.07, 6.45) is 7.92. The molecule has 170 valence electrons. The number of carbonyl (C=O) groups is 1. The van der Waals surface area contributed by atoms with E-state index < -0.39 is 0 Å². The molecule has 0 aromatic rings. The van der Waals surface area contributed by atoms with Gasteiger partial charge < -0.3 is 19.9 Å². The summed E-state index contributed by atoms with van der Waals surface area (Å²) in [7, 11) is 1.91. The molecule has 0 radical (unpaired) electrons. The van der Waals surface area contributed by atoms with Crippen LogP contribution in [-0.2, 0) is 9.53 Å². The molecule has 4 unspecified atom stereocenters.